The van der Waals surface area contributed by atoms with Gasteiger partial charge in [-0.1, -0.05) is 30.3 Å². The molecular formula is C19H22N2O2S. The molecule has 0 radical (unpaired) electrons. The molecule has 1 saturated heterocycles. The molecule has 1 heterocycles. The van der Waals surface area contributed by atoms with Crippen LogP contribution in [0.2, 0.25) is 0 Å². The Morgan fingerprint density at radius 1 is 1.08 bits per heavy atom. The van der Waals surface area contributed by atoms with Gasteiger partial charge in [0, 0.05) is 24.5 Å². The first-order chi connectivity index (χ1) is 11.7. The molecule has 4 nitrogen and oxygen atoms in total. The number of ether oxygens (including phenoxy) is 1. The fourth-order valence-corrected chi connectivity index (χ4v) is 3.40. The third kappa shape index (κ3) is 4.84. The van der Waals surface area contributed by atoms with Crippen molar-refractivity contribution in [3.8, 4) is 11.1 Å². The van der Waals surface area contributed by atoms with E-state index < -0.39 is 0 Å². The molecule has 0 saturated carbocycles. The van der Waals surface area contributed by atoms with Crippen molar-refractivity contribution < 1.29 is 9.53 Å². The summed E-state index contributed by atoms with van der Waals surface area (Å²) in [6, 6.07) is 16.9. The molecule has 0 atom stereocenters. The maximum absolute atomic E-state index is 10.9. The molecule has 3 rings (SSSR count). The molecule has 2 aromatic carbocycles. The van der Waals surface area contributed by atoms with Gasteiger partial charge in [0.1, 0.15) is 0 Å². The number of primary amides is 1. The molecule has 0 bridgehead atoms. The summed E-state index contributed by atoms with van der Waals surface area (Å²) < 4.78 is 5.40. The Morgan fingerprint density at radius 3 is 2.54 bits per heavy atom. The number of carbonyl (C=O) groups is 1. The number of amides is 1. The van der Waals surface area contributed by atoms with Crippen LogP contribution in [0.3, 0.4) is 0 Å². The molecule has 1 fully saturated rings. The van der Waals surface area contributed by atoms with E-state index in [1.807, 2.05) is 12.1 Å². The maximum atomic E-state index is 10.9. The van der Waals surface area contributed by atoms with E-state index in [1.54, 1.807) is 0 Å². The van der Waals surface area contributed by atoms with Gasteiger partial charge >= 0.3 is 0 Å². The highest BCUT2D eigenvalue weighted by molar-refractivity contribution is 8.00. The highest BCUT2D eigenvalue weighted by Gasteiger charge is 2.11. The van der Waals surface area contributed by atoms with Crippen LogP contribution in [0.5, 0.6) is 0 Å². The van der Waals surface area contributed by atoms with Gasteiger partial charge in [-0.05, 0) is 34.9 Å². The summed E-state index contributed by atoms with van der Waals surface area (Å²) in [4.78, 5) is 14.3. The largest absolute Gasteiger partial charge is 0.379 e. The second-order valence-corrected chi connectivity index (χ2v) is 6.92. The van der Waals surface area contributed by atoms with E-state index in [-0.39, 0.29) is 5.91 Å². The van der Waals surface area contributed by atoms with Gasteiger partial charge in [0.15, 0.2) is 0 Å². The van der Waals surface area contributed by atoms with Crippen LogP contribution in [0.15, 0.2) is 53.4 Å². The van der Waals surface area contributed by atoms with Crippen LogP contribution in [-0.2, 0) is 16.1 Å². The van der Waals surface area contributed by atoms with E-state index in [9.17, 15) is 4.79 Å². The number of hydrogen-bond donors (Lipinski definition) is 1. The van der Waals surface area contributed by atoms with Crippen LogP contribution < -0.4 is 5.73 Å². The minimum absolute atomic E-state index is 0.292. The Hall–Kier alpha value is -1.82. The Balaban J connectivity index is 1.67. The topological polar surface area (TPSA) is 55.6 Å². The molecule has 0 aromatic heterocycles. The van der Waals surface area contributed by atoms with E-state index in [0.29, 0.717) is 5.75 Å². The molecule has 0 aliphatic carbocycles. The van der Waals surface area contributed by atoms with E-state index >= 15 is 0 Å². The Kier molecular flexibility index (Phi) is 5.91. The predicted molar refractivity (Wildman–Crippen MR) is 97.9 cm³/mol. The zero-order valence-corrected chi connectivity index (χ0v) is 14.4. The fraction of sp³-hybridized carbons (Fsp3) is 0.316. The highest BCUT2D eigenvalue weighted by atomic mass is 32.2. The lowest BCUT2D eigenvalue weighted by molar-refractivity contribution is -0.115. The van der Waals surface area contributed by atoms with E-state index in [2.05, 4.69) is 41.3 Å². The number of nitrogens with zero attached hydrogens (tertiary/aromatic N) is 1. The van der Waals surface area contributed by atoms with Crippen LogP contribution in [0, 0.1) is 0 Å². The first kappa shape index (κ1) is 17.0. The Bertz CT molecular complexity index is 682. The van der Waals surface area contributed by atoms with Crippen molar-refractivity contribution in [2.75, 3.05) is 32.1 Å². The SMILES string of the molecule is NC(=O)CSc1ccc(-c2cccc(CN3CCOCC3)c2)cc1. The van der Waals surface area contributed by atoms with Gasteiger partial charge < -0.3 is 10.5 Å². The van der Waals surface area contributed by atoms with Crippen molar-refractivity contribution in [3.63, 3.8) is 0 Å². The van der Waals surface area contributed by atoms with E-state index in [0.717, 1.165) is 37.7 Å². The molecule has 1 amide bonds. The molecule has 0 unspecified atom stereocenters. The lowest BCUT2D eigenvalue weighted by Gasteiger charge is -2.26. The molecule has 1 aliphatic heterocycles. The van der Waals surface area contributed by atoms with Crippen LogP contribution >= 0.6 is 11.8 Å². The lowest BCUT2D eigenvalue weighted by atomic mass is 10.0. The first-order valence-electron chi connectivity index (χ1n) is 8.11. The molecule has 126 valence electrons. The summed E-state index contributed by atoms with van der Waals surface area (Å²) >= 11 is 1.47. The zero-order valence-electron chi connectivity index (χ0n) is 13.6. The second-order valence-electron chi connectivity index (χ2n) is 5.87. The van der Waals surface area contributed by atoms with Crippen molar-refractivity contribution in [2.45, 2.75) is 11.4 Å². The smallest absolute Gasteiger partial charge is 0.227 e. The average molecular weight is 342 g/mol. The van der Waals surface area contributed by atoms with Gasteiger partial charge in [-0.15, -0.1) is 11.8 Å². The number of rotatable bonds is 6. The van der Waals surface area contributed by atoms with E-state index in [4.69, 9.17) is 10.5 Å². The second kappa shape index (κ2) is 8.33. The third-order valence-electron chi connectivity index (χ3n) is 4.01. The quantitative estimate of drug-likeness (QED) is 0.820. The van der Waals surface area contributed by atoms with Gasteiger partial charge in [-0.25, -0.2) is 0 Å². The third-order valence-corrected chi connectivity index (χ3v) is 5.04. The number of thioether (sulfide) groups is 1. The highest BCUT2D eigenvalue weighted by Crippen LogP contribution is 2.25. The van der Waals surface area contributed by atoms with Gasteiger partial charge in [0.2, 0.25) is 5.91 Å². The molecular weight excluding hydrogens is 320 g/mol. The summed E-state index contributed by atoms with van der Waals surface area (Å²) in [5.41, 5.74) is 8.90. The van der Waals surface area contributed by atoms with Crippen LogP contribution in [0.4, 0.5) is 0 Å². The van der Waals surface area contributed by atoms with E-state index in [1.165, 1.54) is 28.5 Å². The summed E-state index contributed by atoms with van der Waals surface area (Å²) in [5.74, 6) is 0.0221. The monoisotopic (exact) mass is 342 g/mol. The molecule has 0 spiro atoms. The standard InChI is InChI=1S/C19H22N2O2S/c20-19(22)14-24-18-6-4-16(5-7-18)17-3-1-2-15(12-17)13-21-8-10-23-11-9-21/h1-7,12H,8-11,13-14H2,(H2,20,22). The van der Waals surface area contributed by atoms with Crippen LogP contribution in [0.1, 0.15) is 5.56 Å². The van der Waals surface area contributed by atoms with Gasteiger partial charge in [0.05, 0.1) is 19.0 Å². The predicted octanol–water partition coefficient (Wildman–Crippen LogP) is 2.76. The molecule has 1 aliphatic rings. The number of morpholine rings is 1. The minimum Gasteiger partial charge on any atom is -0.379 e. The Labute approximate surface area is 147 Å². The summed E-state index contributed by atoms with van der Waals surface area (Å²) in [6.07, 6.45) is 0. The summed E-state index contributed by atoms with van der Waals surface area (Å²) in [7, 11) is 0. The fourth-order valence-electron chi connectivity index (χ4n) is 2.76. The molecule has 2 N–H and O–H groups in total. The van der Waals surface area contributed by atoms with Crippen molar-refractivity contribution in [3.05, 3.63) is 54.1 Å². The number of benzene rings is 2. The summed E-state index contributed by atoms with van der Waals surface area (Å²) in [6.45, 7) is 4.60. The maximum Gasteiger partial charge on any atom is 0.227 e. The molecule has 24 heavy (non-hydrogen) atoms. The van der Waals surface area contributed by atoms with Crippen molar-refractivity contribution >= 4 is 17.7 Å². The van der Waals surface area contributed by atoms with Crippen molar-refractivity contribution in [2.24, 2.45) is 5.73 Å². The number of nitrogens with two attached hydrogens (primary N) is 1. The number of hydrogen-bond acceptors (Lipinski definition) is 4. The number of carbonyl (C=O) groups excluding carboxylic acids is 1. The van der Waals surface area contributed by atoms with Crippen molar-refractivity contribution in [1.82, 2.24) is 4.90 Å². The Morgan fingerprint density at radius 2 is 1.83 bits per heavy atom. The van der Waals surface area contributed by atoms with Crippen LogP contribution in [0.25, 0.3) is 11.1 Å². The van der Waals surface area contributed by atoms with Gasteiger partial charge in [-0.3, -0.25) is 9.69 Å². The first-order valence-corrected chi connectivity index (χ1v) is 9.10. The van der Waals surface area contributed by atoms with Crippen molar-refractivity contribution in [1.29, 1.82) is 0 Å². The molecule has 5 heteroatoms. The average Bonchev–Trinajstić information content (AvgIpc) is 2.61. The molecule has 2 aromatic rings. The lowest BCUT2D eigenvalue weighted by Crippen LogP contribution is -2.35. The zero-order chi connectivity index (χ0) is 16.8. The minimum atomic E-state index is -0.292. The van der Waals surface area contributed by atoms with Crippen LogP contribution in [-0.4, -0.2) is 42.9 Å². The van der Waals surface area contributed by atoms with Gasteiger partial charge in [-0.2, -0.15) is 0 Å². The summed E-state index contributed by atoms with van der Waals surface area (Å²) in [5, 5.41) is 0. The normalized spacial score (nSPS) is 15.3. The van der Waals surface area contributed by atoms with Gasteiger partial charge in [0.25, 0.3) is 0 Å².